The van der Waals surface area contributed by atoms with Crippen LogP contribution >= 0.6 is 0 Å². The van der Waals surface area contributed by atoms with Crippen molar-refractivity contribution in [3.05, 3.63) is 100 Å². The predicted octanol–water partition coefficient (Wildman–Crippen LogP) is 4.83. The summed E-state index contributed by atoms with van der Waals surface area (Å²) in [6, 6.07) is 22.5. The Labute approximate surface area is 188 Å². The first-order chi connectivity index (χ1) is 15.7. The molecule has 1 aliphatic heterocycles. The maximum absolute atomic E-state index is 13.4. The Balaban J connectivity index is 1.57. The molecule has 32 heavy (non-hydrogen) atoms. The minimum Gasteiger partial charge on any atom is -0.489 e. The molecule has 0 aliphatic carbocycles. The van der Waals surface area contributed by atoms with E-state index >= 15 is 0 Å². The lowest BCUT2D eigenvalue weighted by Gasteiger charge is -2.22. The molecule has 0 unspecified atom stereocenters. The Hall–Kier alpha value is -3.60. The van der Waals surface area contributed by atoms with Crippen molar-refractivity contribution in [2.24, 2.45) is 0 Å². The van der Waals surface area contributed by atoms with E-state index in [2.05, 4.69) is 0 Å². The van der Waals surface area contributed by atoms with Gasteiger partial charge in [0.05, 0.1) is 0 Å². The summed E-state index contributed by atoms with van der Waals surface area (Å²) in [5.41, 5.74) is 2.09. The molecule has 5 heteroatoms. The Kier molecular flexibility index (Phi) is 7.18. The highest BCUT2D eigenvalue weighted by Gasteiger charge is 2.21. The smallest absolute Gasteiger partial charge is 0.270 e. The van der Waals surface area contributed by atoms with E-state index in [9.17, 15) is 9.59 Å². The number of rotatable bonds is 6. The first-order valence-electron chi connectivity index (χ1n) is 11.2. The molecule has 1 aliphatic rings. The fourth-order valence-electron chi connectivity index (χ4n) is 3.86. The molecule has 3 aromatic rings. The summed E-state index contributed by atoms with van der Waals surface area (Å²) in [6.45, 7) is 1.95. The zero-order chi connectivity index (χ0) is 22.2. The van der Waals surface area contributed by atoms with Crippen molar-refractivity contribution in [2.75, 3.05) is 13.1 Å². The summed E-state index contributed by atoms with van der Waals surface area (Å²) in [6.07, 6.45) is 7.71. The van der Waals surface area contributed by atoms with Crippen molar-refractivity contribution in [1.29, 1.82) is 0 Å². The molecular formula is C27H28N2O3. The normalized spacial score (nSPS) is 14.6. The van der Waals surface area contributed by atoms with Gasteiger partial charge in [-0.05, 0) is 48.2 Å². The third-order valence-corrected chi connectivity index (χ3v) is 5.63. The number of aromatic nitrogens is 1. The van der Waals surface area contributed by atoms with Crippen molar-refractivity contribution >= 4 is 17.7 Å². The topological polar surface area (TPSA) is 51.5 Å². The summed E-state index contributed by atoms with van der Waals surface area (Å²) >= 11 is 0. The van der Waals surface area contributed by atoms with E-state index in [-0.39, 0.29) is 11.5 Å². The van der Waals surface area contributed by atoms with Crippen molar-refractivity contribution < 1.29 is 9.53 Å². The molecule has 0 radical (unpaired) electrons. The van der Waals surface area contributed by atoms with Crippen LogP contribution in [0.3, 0.4) is 0 Å². The molecule has 5 nitrogen and oxygen atoms in total. The first kappa shape index (κ1) is 21.6. The number of ether oxygens (including phenoxy) is 1. The molecule has 1 saturated heterocycles. The second-order valence-corrected chi connectivity index (χ2v) is 7.99. The number of hydrogen-bond donors (Lipinski definition) is 0. The second kappa shape index (κ2) is 10.6. The van der Waals surface area contributed by atoms with Gasteiger partial charge in [0, 0.05) is 25.4 Å². The largest absolute Gasteiger partial charge is 0.489 e. The summed E-state index contributed by atoms with van der Waals surface area (Å²) < 4.78 is 7.30. The van der Waals surface area contributed by atoms with Gasteiger partial charge in [-0.25, -0.2) is 0 Å². The molecule has 0 N–H and O–H groups in total. The SMILES string of the molecule is O=C(/C(=C\c1ccc(OCc2ccccc2)cc1)n1ccccc1=O)N1CCCCCC1. The summed E-state index contributed by atoms with van der Waals surface area (Å²) in [4.78, 5) is 27.8. The molecule has 0 bridgehead atoms. The van der Waals surface area contributed by atoms with Crippen LogP contribution in [0, 0.1) is 0 Å². The van der Waals surface area contributed by atoms with Gasteiger partial charge in [-0.15, -0.1) is 0 Å². The Morgan fingerprint density at radius 1 is 0.844 bits per heavy atom. The highest BCUT2D eigenvalue weighted by Crippen LogP contribution is 2.20. The Morgan fingerprint density at radius 3 is 2.22 bits per heavy atom. The van der Waals surface area contributed by atoms with Crippen LogP contribution in [0.1, 0.15) is 36.8 Å². The van der Waals surface area contributed by atoms with Crippen LogP contribution in [0.15, 0.2) is 83.8 Å². The lowest BCUT2D eigenvalue weighted by Crippen LogP contribution is -2.36. The number of nitrogens with zero attached hydrogens (tertiary/aromatic N) is 2. The van der Waals surface area contributed by atoms with Gasteiger partial charge in [-0.1, -0.05) is 61.4 Å². The van der Waals surface area contributed by atoms with E-state index in [4.69, 9.17) is 4.74 Å². The number of likely N-dealkylation sites (tertiary alicyclic amines) is 1. The van der Waals surface area contributed by atoms with Gasteiger partial charge < -0.3 is 9.64 Å². The Bertz CT molecular complexity index is 1110. The van der Waals surface area contributed by atoms with Crippen LogP contribution in [0.4, 0.5) is 0 Å². The van der Waals surface area contributed by atoms with E-state index < -0.39 is 0 Å². The van der Waals surface area contributed by atoms with Gasteiger partial charge >= 0.3 is 0 Å². The fourth-order valence-corrected chi connectivity index (χ4v) is 3.86. The molecular weight excluding hydrogens is 400 g/mol. The lowest BCUT2D eigenvalue weighted by molar-refractivity contribution is -0.125. The van der Waals surface area contributed by atoms with Gasteiger partial charge in [-0.3, -0.25) is 14.2 Å². The minimum atomic E-state index is -0.218. The average molecular weight is 429 g/mol. The molecule has 0 atom stereocenters. The number of pyridine rings is 1. The zero-order valence-electron chi connectivity index (χ0n) is 18.2. The molecule has 1 fully saturated rings. The summed E-state index contributed by atoms with van der Waals surface area (Å²) in [7, 11) is 0. The average Bonchev–Trinajstić information content (AvgIpc) is 3.13. The van der Waals surface area contributed by atoms with E-state index in [1.54, 1.807) is 24.4 Å². The number of hydrogen-bond acceptors (Lipinski definition) is 3. The van der Waals surface area contributed by atoms with E-state index in [1.807, 2.05) is 59.5 Å². The molecule has 0 spiro atoms. The number of carbonyl (C=O) groups is 1. The molecule has 2 aromatic carbocycles. The molecule has 164 valence electrons. The van der Waals surface area contributed by atoms with E-state index in [0.717, 1.165) is 55.6 Å². The van der Waals surface area contributed by atoms with Crippen LogP contribution in [0.2, 0.25) is 0 Å². The third kappa shape index (κ3) is 5.55. The quantitative estimate of drug-likeness (QED) is 0.529. The first-order valence-corrected chi connectivity index (χ1v) is 11.2. The maximum Gasteiger partial charge on any atom is 0.270 e. The van der Waals surface area contributed by atoms with Gasteiger partial charge in [-0.2, -0.15) is 0 Å². The maximum atomic E-state index is 13.4. The van der Waals surface area contributed by atoms with Crippen molar-refractivity contribution in [1.82, 2.24) is 9.47 Å². The molecule has 2 heterocycles. The van der Waals surface area contributed by atoms with Gasteiger partial charge in [0.25, 0.3) is 11.5 Å². The lowest BCUT2D eigenvalue weighted by atomic mass is 10.1. The van der Waals surface area contributed by atoms with Crippen LogP contribution in [-0.4, -0.2) is 28.5 Å². The van der Waals surface area contributed by atoms with Crippen LogP contribution in [0.25, 0.3) is 11.8 Å². The van der Waals surface area contributed by atoms with Gasteiger partial charge in [0.1, 0.15) is 18.1 Å². The standard InChI is InChI=1S/C27H28N2O3/c30-26-12-6-9-19-29(26)25(27(31)28-17-7-1-2-8-18-28)20-22-13-15-24(16-14-22)32-21-23-10-4-3-5-11-23/h3-6,9-16,19-20H,1-2,7-8,17-18,21H2/b25-20+. The second-order valence-electron chi connectivity index (χ2n) is 7.99. The van der Waals surface area contributed by atoms with Crippen LogP contribution in [0.5, 0.6) is 5.75 Å². The van der Waals surface area contributed by atoms with E-state index in [0.29, 0.717) is 12.3 Å². The van der Waals surface area contributed by atoms with Crippen molar-refractivity contribution in [3.8, 4) is 5.75 Å². The molecule has 0 saturated carbocycles. The highest BCUT2D eigenvalue weighted by molar-refractivity contribution is 6.18. The zero-order valence-corrected chi connectivity index (χ0v) is 18.2. The molecule has 1 aromatic heterocycles. The third-order valence-electron chi connectivity index (χ3n) is 5.63. The van der Waals surface area contributed by atoms with Crippen LogP contribution < -0.4 is 10.3 Å². The molecule has 4 rings (SSSR count). The summed E-state index contributed by atoms with van der Waals surface area (Å²) in [5.74, 6) is 0.646. The minimum absolute atomic E-state index is 0.107. The van der Waals surface area contributed by atoms with E-state index in [1.165, 1.54) is 10.6 Å². The van der Waals surface area contributed by atoms with Crippen molar-refractivity contribution in [2.45, 2.75) is 32.3 Å². The predicted molar refractivity (Wildman–Crippen MR) is 127 cm³/mol. The fraction of sp³-hybridized carbons (Fsp3) is 0.259. The number of benzene rings is 2. The number of carbonyl (C=O) groups excluding carboxylic acids is 1. The molecule has 1 amide bonds. The Morgan fingerprint density at radius 2 is 1.53 bits per heavy atom. The number of amides is 1. The van der Waals surface area contributed by atoms with Crippen molar-refractivity contribution in [3.63, 3.8) is 0 Å². The highest BCUT2D eigenvalue weighted by atomic mass is 16.5. The van der Waals surface area contributed by atoms with Gasteiger partial charge in [0.15, 0.2) is 0 Å². The monoisotopic (exact) mass is 428 g/mol. The van der Waals surface area contributed by atoms with Crippen LogP contribution in [-0.2, 0) is 11.4 Å². The van der Waals surface area contributed by atoms with Gasteiger partial charge in [0.2, 0.25) is 0 Å². The summed E-state index contributed by atoms with van der Waals surface area (Å²) in [5, 5.41) is 0.